The molecule has 11 heteroatoms. The van der Waals surface area contributed by atoms with Gasteiger partial charge in [0.15, 0.2) is 0 Å². The van der Waals surface area contributed by atoms with Gasteiger partial charge in [0.25, 0.3) is 10.0 Å². The Kier molecular flexibility index (Phi) is 11.2. The number of halogens is 2. The molecule has 214 valence electrons. The van der Waals surface area contributed by atoms with Crippen molar-refractivity contribution in [1.82, 2.24) is 10.2 Å². The number of nitrogens with one attached hydrogen (secondary N) is 1. The lowest BCUT2D eigenvalue weighted by Gasteiger charge is -2.32. The van der Waals surface area contributed by atoms with Gasteiger partial charge in [0, 0.05) is 18.1 Å². The molecule has 0 unspecified atom stereocenters. The number of hydrogen-bond donors (Lipinski definition) is 1. The van der Waals surface area contributed by atoms with E-state index in [2.05, 4.69) is 5.32 Å². The second-order valence-electron chi connectivity index (χ2n) is 9.11. The number of unbranched alkanes of at least 4 members (excludes halogenated alkanes) is 1. The molecular formula is C29H33Cl2N3O5S. The first-order chi connectivity index (χ1) is 19.1. The number of hydrogen-bond acceptors (Lipinski definition) is 5. The molecule has 1 atom stereocenters. The van der Waals surface area contributed by atoms with E-state index in [0.29, 0.717) is 17.9 Å². The summed E-state index contributed by atoms with van der Waals surface area (Å²) in [5.41, 5.74) is 0.756. The van der Waals surface area contributed by atoms with Crippen molar-refractivity contribution in [1.29, 1.82) is 0 Å². The van der Waals surface area contributed by atoms with Crippen LogP contribution in [0.4, 0.5) is 5.69 Å². The quantitative estimate of drug-likeness (QED) is 0.258. The monoisotopic (exact) mass is 605 g/mol. The van der Waals surface area contributed by atoms with Crippen LogP contribution < -0.4 is 14.4 Å². The summed E-state index contributed by atoms with van der Waals surface area (Å²) < 4.78 is 33.9. The zero-order valence-electron chi connectivity index (χ0n) is 22.6. The molecule has 3 aromatic rings. The SMILES string of the molecule is CCCCNC(=O)[C@@H](C)N(Cc1cccc(OC)c1)C(=O)CN(c1cc(Cl)ccc1Cl)S(=O)(=O)c1ccccc1. The van der Waals surface area contributed by atoms with Gasteiger partial charge in [-0.3, -0.25) is 13.9 Å². The van der Waals surface area contributed by atoms with Crippen molar-refractivity contribution in [3.63, 3.8) is 0 Å². The minimum atomic E-state index is -4.25. The number of anilines is 1. The molecule has 40 heavy (non-hydrogen) atoms. The predicted molar refractivity (Wildman–Crippen MR) is 158 cm³/mol. The molecule has 0 aliphatic heterocycles. The molecule has 1 N–H and O–H groups in total. The fourth-order valence-corrected chi connectivity index (χ4v) is 5.88. The minimum absolute atomic E-state index is 0.0245. The van der Waals surface area contributed by atoms with E-state index in [1.54, 1.807) is 49.4 Å². The Balaban J connectivity index is 2.04. The second-order valence-corrected chi connectivity index (χ2v) is 11.8. The fraction of sp³-hybridized carbons (Fsp3) is 0.310. The molecule has 0 spiro atoms. The van der Waals surface area contributed by atoms with Crippen molar-refractivity contribution in [2.75, 3.05) is 24.5 Å². The molecule has 8 nitrogen and oxygen atoms in total. The van der Waals surface area contributed by atoms with E-state index >= 15 is 0 Å². The minimum Gasteiger partial charge on any atom is -0.497 e. The van der Waals surface area contributed by atoms with Crippen molar-refractivity contribution in [2.24, 2.45) is 0 Å². The van der Waals surface area contributed by atoms with Crippen LogP contribution in [0.2, 0.25) is 10.0 Å². The third-order valence-corrected chi connectivity index (χ3v) is 8.60. The third kappa shape index (κ3) is 7.90. The molecule has 0 aliphatic rings. The number of rotatable bonds is 13. The molecule has 0 bridgehead atoms. The number of ether oxygens (including phenoxy) is 1. The molecule has 0 fully saturated rings. The first-order valence-electron chi connectivity index (χ1n) is 12.8. The average Bonchev–Trinajstić information content (AvgIpc) is 2.96. The highest BCUT2D eigenvalue weighted by Gasteiger charge is 2.33. The van der Waals surface area contributed by atoms with Gasteiger partial charge in [0.05, 0.1) is 22.7 Å². The smallest absolute Gasteiger partial charge is 0.264 e. The average molecular weight is 607 g/mol. The van der Waals surface area contributed by atoms with Crippen LogP contribution in [0.3, 0.4) is 0 Å². The molecule has 0 aliphatic carbocycles. The predicted octanol–water partition coefficient (Wildman–Crippen LogP) is 5.53. The van der Waals surface area contributed by atoms with Crippen LogP contribution in [0, 0.1) is 0 Å². The van der Waals surface area contributed by atoms with E-state index in [-0.39, 0.29) is 33.1 Å². The molecule has 0 heterocycles. The Morgan fingerprint density at radius 2 is 1.73 bits per heavy atom. The van der Waals surface area contributed by atoms with Gasteiger partial charge >= 0.3 is 0 Å². The number of nitrogens with zero attached hydrogens (tertiary/aromatic N) is 2. The summed E-state index contributed by atoms with van der Waals surface area (Å²) in [6, 6.07) is 18.3. The fourth-order valence-electron chi connectivity index (χ4n) is 4.00. The molecule has 0 saturated heterocycles. The van der Waals surface area contributed by atoms with Gasteiger partial charge in [-0.05, 0) is 61.4 Å². The Morgan fingerprint density at radius 3 is 2.40 bits per heavy atom. The van der Waals surface area contributed by atoms with Crippen LogP contribution in [0.5, 0.6) is 5.75 Å². The Morgan fingerprint density at radius 1 is 1.00 bits per heavy atom. The molecule has 0 radical (unpaired) electrons. The lowest BCUT2D eigenvalue weighted by atomic mass is 10.1. The van der Waals surface area contributed by atoms with Crippen molar-refractivity contribution in [3.8, 4) is 5.75 Å². The van der Waals surface area contributed by atoms with Crippen LogP contribution in [0.25, 0.3) is 0 Å². The van der Waals surface area contributed by atoms with Gasteiger partial charge in [-0.1, -0.05) is 66.9 Å². The van der Waals surface area contributed by atoms with E-state index in [9.17, 15) is 18.0 Å². The van der Waals surface area contributed by atoms with Gasteiger partial charge in [-0.2, -0.15) is 0 Å². The van der Waals surface area contributed by atoms with Gasteiger partial charge in [-0.25, -0.2) is 8.42 Å². The molecule has 2 amide bonds. The number of carbonyl (C=O) groups is 2. The van der Waals surface area contributed by atoms with Crippen LogP contribution in [-0.4, -0.2) is 51.4 Å². The standard InChI is InChI=1S/C29H33Cl2N3O5S/c1-4-5-16-32-29(36)21(2)33(19-22-10-9-11-24(17-22)39-3)28(35)20-34(27-18-23(30)14-15-26(27)31)40(37,38)25-12-7-6-8-13-25/h6-15,17-18,21H,4-5,16,19-20H2,1-3H3,(H,32,36)/t21-/m1/s1. The highest BCUT2D eigenvalue weighted by Crippen LogP contribution is 2.33. The number of methoxy groups -OCH3 is 1. The summed E-state index contributed by atoms with van der Waals surface area (Å²) in [6.45, 7) is 3.51. The largest absolute Gasteiger partial charge is 0.497 e. The number of carbonyl (C=O) groups excluding carboxylic acids is 2. The van der Waals surface area contributed by atoms with Crippen LogP contribution in [0.1, 0.15) is 32.3 Å². The maximum atomic E-state index is 14.0. The third-order valence-electron chi connectivity index (χ3n) is 6.27. The van der Waals surface area contributed by atoms with Crippen LogP contribution >= 0.6 is 23.2 Å². The zero-order valence-corrected chi connectivity index (χ0v) is 25.0. The summed E-state index contributed by atoms with van der Waals surface area (Å²) >= 11 is 12.6. The zero-order chi connectivity index (χ0) is 29.3. The maximum Gasteiger partial charge on any atom is 0.264 e. The van der Waals surface area contributed by atoms with Crippen molar-refractivity contribution >= 4 is 50.7 Å². The molecule has 0 aromatic heterocycles. The van der Waals surface area contributed by atoms with Gasteiger partial charge < -0.3 is 15.0 Å². The summed E-state index contributed by atoms with van der Waals surface area (Å²) in [5, 5.41) is 3.20. The van der Waals surface area contributed by atoms with E-state index < -0.39 is 28.5 Å². The highest BCUT2D eigenvalue weighted by atomic mass is 35.5. The van der Waals surface area contributed by atoms with Crippen molar-refractivity contribution in [2.45, 2.75) is 44.2 Å². The maximum absolute atomic E-state index is 14.0. The van der Waals surface area contributed by atoms with E-state index in [1.807, 2.05) is 6.92 Å². The topological polar surface area (TPSA) is 96.0 Å². The first-order valence-corrected chi connectivity index (χ1v) is 15.0. The summed E-state index contributed by atoms with van der Waals surface area (Å²) in [4.78, 5) is 28.3. The highest BCUT2D eigenvalue weighted by molar-refractivity contribution is 7.92. The van der Waals surface area contributed by atoms with Crippen LogP contribution in [-0.2, 0) is 26.2 Å². The van der Waals surface area contributed by atoms with Gasteiger partial charge in [0.1, 0.15) is 18.3 Å². The normalized spacial score (nSPS) is 11.9. The number of amides is 2. The number of sulfonamides is 1. The van der Waals surface area contributed by atoms with Gasteiger partial charge in [-0.15, -0.1) is 0 Å². The Hall–Kier alpha value is -3.27. The summed E-state index contributed by atoms with van der Waals surface area (Å²) in [7, 11) is -2.71. The van der Waals surface area contributed by atoms with E-state index in [4.69, 9.17) is 27.9 Å². The van der Waals surface area contributed by atoms with E-state index in [1.165, 1.54) is 42.3 Å². The Bertz CT molecular complexity index is 1420. The van der Waals surface area contributed by atoms with Gasteiger partial charge in [0.2, 0.25) is 11.8 Å². The Labute approximate surface area is 245 Å². The molecule has 0 saturated carbocycles. The van der Waals surface area contributed by atoms with Crippen molar-refractivity contribution < 1.29 is 22.7 Å². The van der Waals surface area contributed by atoms with Crippen molar-refractivity contribution in [3.05, 3.63) is 88.4 Å². The first kappa shape index (κ1) is 31.3. The lowest BCUT2D eigenvalue weighted by molar-refractivity contribution is -0.139. The lowest BCUT2D eigenvalue weighted by Crippen LogP contribution is -2.51. The molecule has 3 aromatic carbocycles. The second kappa shape index (κ2) is 14.4. The van der Waals surface area contributed by atoms with E-state index in [0.717, 1.165) is 17.1 Å². The number of benzene rings is 3. The van der Waals surface area contributed by atoms with Crippen LogP contribution in [0.15, 0.2) is 77.7 Å². The summed E-state index contributed by atoms with van der Waals surface area (Å²) in [6.07, 6.45) is 1.69. The summed E-state index contributed by atoms with van der Waals surface area (Å²) in [5.74, 6) is -0.358. The molecule has 3 rings (SSSR count). The molecular weight excluding hydrogens is 573 g/mol.